The van der Waals surface area contributed by atoms with Crippen LogP contribution in [-0.4, -0.2) is 18.1 Å². The molecule has 5 nitrogen and oxygen atoms in total. The van der Waals surface area contributed by atoms with Crippen LogP contribution in [0.1, 0.15) is 34.5 Å². The van der Waals surface area contributed by atoms with Crippen molar-refractivity contribution in [3.8, 4) is 0 Å². The van der Waals surface area contributed by atoms with E-state index >= 15 is 0 Å². The van der Waals surface area contributed by atoms with Gasteiger partial charge in [-0.1, -0.05) is 42.5 Å². The first-order valence-corrected chi connectivity index (χ1v) is 8.90. The van der Waals surface area contributed by atoms with Gasteiger partial charge in [-0.25, -0.2) is 8.78 Å². The Bertz CT molecular complexity index is 1090. The minimum atomic E-state index is -0.987. The number of hydrogen-bond donors (Lipinski definition) is 2. The van der Waals surface area contributed by atoms with Crippen molar-refractivity contribution in [3.05, 3.63) is 82.9 Å². The third-order valence-corrected chi connectivity index (χ3v) is 4.59. The number of carbonyl (C=O) groups is 3. The van der Waals surface area contributed by atoms with Gasteiger partial charge in [-0.2, -0.15) is 0 Å². The van der Waals surface area contributed by atoms with Gasteiger partial charge in [0, 0.05) is 18.2 Å². The molecule has 3 aromatic rings. The Morgan fingerprint density at radius 1 is 1.07 bits per heavy atom. The number of carbonyl (C=O) groups excluding carboxylic acids is 3. The van der Waals surface area contributed by atoms with Gasteiger partial charge in [-0.05, 0) is 29.3 Å². The quantitative estimate of drug-likeness (QED) is 0.495. The van der Waals surface area contributed by atoms with Crippen molar-refractivity contribution >= 4 is 28.9 Å². The summed E-state index contributed by atoms with van der Waals surface area (Å²) in [7, 11) is 0. The van der Waals surface area contributed by atoms with Crippen molar-refractivity contribution in [2.75, 3.05) is 0 Å². The summed E-state index contributed by atoms with van der Waals surface area (Å²) in [5.74, 6) is -3.57. The van der Waals surface area contributed by atoms with E-state index in [0.29, 0.717) is 6.07 Å². The maximum atomic E-state index is 14.2. The third-order valence-electron chi connectivity index (χ3n) is 4.59. The summed E-state index contributed by atoms with van der Waals surface area (Å²) in [6.45, 7) is 1.35. The zero-order valence-electron chi connectivity index (χ0n) is 15.5. The van der Waals surface area contributed by atoms with E-state index in [1.54, 1.807) is 6.92 Å². The standard InChI is InChI=1S/C22H18F2N2O3/c1-13(16-8-4-6-14-5-2-3-7-17(14)16)26-22(29)18-9-15(23)10-20(24)19(18)11-25-21(28)12-27/h2-10,12-13H,11H2,1H3,(H,25,28)(H,26,29). The largest absolute Gasteiger partial charge is 0.346 e. The lowest BCUT2D eigenvalue weighted by atomic mass is 9.99. The summed E-state index contributed by atoms with van der Waals surface area (Å²) in [6.07, 6.45) is 0.0315. The fourth-order valence-corrected chi connectivity index (χ4v) is 3.18. The highest BCUT2D eigenvalue weighted by Gasteiger charge is 2.20. The second-order valence-electron chi connectivity index (χ2n) is 6.51. The minimum absolute atomic E-state index is 0.0315. The number of fused-ring (bicyclic) bond motifs is 1. The molecule has 7 heteroatoms. The SMILES string of the molecule is CC(NC(=O)c1cc(F)cc(F)c1CNC(=O)C=O)c1cccc2ccccc12. The molecule has 3 rings (SSSR count). The molecule has 2 N–H and O–H groups in total. The van der Waals surface area contributed by atoms with Crippen molar-refractivity contribution in [2.45, 2.75) is 19.5 Å². The van der Waals surface area contributed by atoms with Crippen LogP contribution in [0.25, 0.3) is 10.8 Å². The normalized spacial score (nSPS) is 11.7. The van der Waals surface area contributed by atoms with Gasteiger partial charge >= 0.3 is 0 Å². The summed E-state index contributed by atoms with van der Waals surface area (Å²) in [6, 6.07) is 14.4. The van der Waals surface area contributed by atoms with Crippen LogP contribution in [0.5, 0.6) is 0 Å². The van der Waals surface area contributed by atoms with Crippen molar-refractivity contribution in [3.63, 3.8) is 0 Å². The fourth-order valence-electron chi connectivity index (χ4n) is 3.18. The Kier molecular flexibility index (Phi) is 5.97. The van der Waals surface area contributed by atoms with Gasteiger partial charge in [0.15, 0.2) is 0 Å². The molecule has 29 heavy (non-hydrogen) atoms. The molecule has 0 spiro atoms. The molecule has 0 aromatic heterocycles. The van der Waals surface area contributed by atoms with Gasteiger partial charge in [0.1, 0.15) is 11.6 Å². The number of benzene rings is 3. The van der Waals surface area contributed by atoms with Gasteiger partial charge in [0.05, 0.1) is 11.6 Å². The van der Waals surface area contributed by atoms with Crippen molar-refractivity contribution in [1.29, 1.82) is 0 Å². The summed E-state index contributed by atoms with van der Waals surface area (Å²) in [5.41, 5.74) is 0.397. The van der Waals surface area contributed by atoms with Crippen molar-refractivity contribution < 1.29 is 23.2 Å². The number of rotatable bonds is 6. The van der Waals surface area contributed by atoms with Crippen LogP contribution in [0.2, 0.25) is 0 Å². The Morgan fingerprint density at radius 3 is 2.55 bits per heavy atom. The Balaban J connectivity index is 1.90. The highest BCUT2D eigenvalue weighted by atomic mass is 19.1. The summed E-state index contributed by atoms with van der Waals surface area (Å²) < 4.78 is 28.0. The van der Waals surface area contributed by atoms with Crippen LogP contribution in [0.4, 0.5) is 8.78 Å². The summed E-state index contributed by atoms with van der Waals surface area (Å²) in [5, 5.41) is 6.86. The van der Waals surface area contributed by atoms with Crippen LogP contribution in [0.3, 0.4) is 0 Å². The smallest absolute Gasteiger partial charge is 0.284 e. The number of aldehydes is 1. The Hall–Kier alpha value is -3.61. The molecule has 0 bridgehead atoms. The molecule has 0 aliphatic carbocycles. The molecule has 0 aliphatic heterocycles. The molecule has 0 saturated carbocycles. The average molecular weight is 396 g/mol. The zero-order valence-corrected chi connectivity index (χ0v) is 15.5. The molecular formula is C22H18F2N2O3. The minimum Gasteiger partial charge on any atom is -0.346 e. The second kappa shape index (κ2) is 8.60. The van der Waals surface area contributed by atoms with Gasteiger partial charge in [0.25, 0.3) is 11.8 Å². The van der Waals surface area contributed by atoms with E-state index in [0.717, 1.165) is 22.4 Å². The van der Waals surface area contributed by atoms with E-state index in [1.807, 2.05) is 42.5 Å². The number of amides is 2. The first kappa shape index (κ1) is 20.1. The predicted molar refractivity (Wildman–Crippen MR) is 104 cm³/mol. The highest BCUT2D eigenvalue weighted by molar-refractivity contribution is 6.23. The van der Waals surface area contributed by atoms with Crippen molar-refractivity contribution in [2.24, 2.45) is 0 Å². The zero-order chi connectivity index (χ0) is 21.0. The van der Waals surface area contributed by atoms with Crippen LogP contribution in [-0.2, 0) is 16.1 Å². The van der Waals surface area contributed by atoms with Gasteiger partial charge in [-0.15, -0.1) is 0 Å². The molecule has 0 aliphatic rings. The molecule has 0 fully saturated rings. The van der Waals surface area contributed by atoms with E-state index < -0.39 is 36.0 Å². The van der Waals surface area contributed by atoms with Gasteiger partial charge in [-0.3, -0.25) is 14.4 Å². The van der Waals surface area contributed by atoms with E-state index in [-0.39, 0.29) is 17.4 Å². The molecular weight excluding hydrogens is 378 g/mol. The van der Waals surface area contributed by atoms with Crippen molar-refractivity contribution in [1.82, 2.24) is 10.6 Å². The van der Waals surface area contributed by atoms with Crippen LogP contribution < -0.4 is 10.6 Å². The molecule has 148 valence electrons. The number of hydrogen-bond acceptors (Lipinski definition) is 3. The summed E-state index contributed by atoms with van der Waals surface area (Å²) >= 11 is 0. The lowest BCUT2D eigenvalue weighted by Crippen LogP contribution is -2.30. The monoisotopic (exact) mass is 396 g/mol. The molecule has 0 radical (unpaired) electrons. The van der Waals surface area contributed by atoms with Gasteiger partial charge in [0.2, 0.25) is 6.29 Å². The summed E-state index contributed by atoms with van der Waals surface area (Å²) in [4.78, 5) is 34.4. The second-order valence-corrected chi connectivity index (χ2v) is 6.51. The average Bonchev–Trinajstić information content (AvgIpc) is 2.71. The fraction of sp³-hybridized carbons (Fsp3) is 0.136. The molecule has 1 unspecified atom stereocenters. The molecule has 3 aromatic carbocycles. The highest BCUT2D eigenvalue weighted by Crippen LogP contribution is 2.25. The molecule has 1 atom stereocenters. The van der Waals surface area contributed by atoms with E-state index in [9.17, 15) is 23.2 Å². The van der Waals surface area contributed by atoms with E-state index in [1.165, 1.54) is 0 Å². The first-order valence-electron chi connectivity index (χ1n) is 8.90. The molecule has 0 heterocycles. The van der Waals surface area contributed by atoms with E-state index in [2.05, 4.69) is 10.6 Å². The first-order chi connectivity index (χ1) is 13.9. The maximum absolute atomic E-state index is 14.2. The van der Waals surface area contributed by atoms with E-state index in [4.69, 9.17) is 0 Å². The molecule has 0 saturated heterocycles. The predicted octanol–water partition coefficient (Wildman–Crippen LogP) is 3.42. The third kappa shape index (κ3) is 4.45. The lowest BCUT2D eigenvalue weighted by Gasteiger charge is -2.18. The van der Waals surface area contributed by atoms with Crippen LogP contribution in [0.15, 0.2) is 54.6 Å². The van der Waals surface area contributed by atoms with Crippen LogP contribution in [0, 0.1) is 11.6 Å². The lowest BCUT2D eigenvalue weighted by molar-refractivity contribution is -0.131. The topological polar surface area (TPSA) is 75.3 Å². The Labute approximate surface area is 165 Å². The number of nitrogens with one attached hydrogen (secondary N) is 2. The maximum Gasteiger partial charge on any atom is 0.284 e. The molecule has 2 amide bonds. The number of halogens is 2. The van der Waals surface area contributed by atoms with Crippen LogP contribution >= 0.6 is 0 Å². The van der Waals surface area contributed by atoms with Gasteiger partial charge < -0.3 is 10.6 Å². The Morgan fingerprint density at radius 2 is 1.79 bits per heavy atom.